The standard InChI is InChI=1S/C13H22N2OS/c1-10-2-3-13(17-10)12(8-14)15-6-4-11(9-16)5-7-15/h2-3,11-12,16H,4-9,14H2,1H3. The van der Waals surface area contributed by atoms with Crippen molar-refractivity contribution in [2.75, 3.05) is 26.2 Å². The Morgan fingerprint density at radius 1 is 1.47 bits per heavy atom. The van der Waals surface area contributed by atoms with Crippen molar-refractivity contribution in [2.24, 2.45) is 11.7 Å². The highest BCUT2D eigenvalue weighted by molar-refractivity contribution is 7.12. The normalized spacial score (nSPS) is 20.6. The first-order valence-electron chi connectivity index (χ1n) is 6.36. The van der Waals surface area contributed by atoms with Gasteiger partial charge in [0.2, 0.25) is 0 Å². The number of nitrogens with zero attached hydrogens (tertiary/aromatic N) is 1. The highest BCUT2D eigenvalue weighted by atomic mass is 32.1. The summed E-state index contributed by atoms with van der Waals surface area (Å²) in [6.07, 6.45) is 2.19. The molecule has 1 aliphatic heterocycles. The predicted octanol–water partition coefficient (Wildman–Crippen LogP) is 1.76. The van der Waals surface area contributed by atoms with E-state index >= 15 is 0 Å². The average Bonchev–Trinajstić information content (AvgIpc) is 2.78. The number of aliphatic hydroxyl groups is 1. The molecule has 0 amide bonds. The van der Waals surface area contributed by atoms with Gasteiger partial charge in [-0.15, -0.1) is 11.3 Å². The van der Waals surface area contributed by atoms with E-state index in [9.17, 15) is 0 Å². The zero-order valence-electron chi connectivity index (χ0n) is 10.4. The molecule has 4 heteroatoms. The Labute approximate surface area is 107 Å². The lowest BCUT2D eigenvalue weighted by Gasteiger charge is -2.36. The third-order valence-electron chi connectivity index (χ3n) is 3.66. The molecule has 2 heterocycles. The molecular formula is C13H22N2OS. The van der Waals surface area contributed by atoms with Crippen LogP contribution in [0, 0.1) is 12.8 Å². The maximum absolute atomic E-state index is 9.15. The quantitative estimate of drug-likeness (QED) is 0.861. The van der Waals surface area contributed by atoms with Crippen LogP contribution in [0.1, 0.15) is 28.6 Å². The Kier molecular flexibility index (Phi) is 4.56. The molecule has 0 radical (unpaired) electrons. The summed E-state index contributed by atoms with van der Waals surface area (Å²) >= 11 is 1.85. The van der Waals surface area contributed by atoms with Gasteiger partial charge >= 0.3 is 0 Å². The van der Waals surface area contributed by atoms with Crippen LogP contribution >= 0.6 is 11.3 Å². The molecule has 1 atom stereocenters. The topological polar surface area (TPSA) is 49.5 Å². The molecule has 96 valence electrons. The molecule has 3 N–H and O–H groups in total. The van der Waals surface area contributed by atoms with E-state index in [1.165, 1.54) is 9.75 Å². The summed E-state index contributed by atoms with van der Waals surface area (Å²) in [4.78, 5) is 5.20. The molecule has 1 fully saturated rings. The number of rotatable bonds is 4. The molecule has 1 unspecified atom stereocenters. The third-order valence-corrected chi connectivity index (χ3v) is 4.76. The molecule has 0 spiro atoms. The van der Waals surface area contributed by atoms with Gasteiger partial charge in [0.15, 0.2) is 0 Å². The van der Waals surface area contributed by atoms with Gasteiger partial charge in [0.1, 0.15) is 0 Å². The first kappa shape index (κ1) is 13.0. The largest absolute Gasteiger partial charge is 0.396 e. The number of aliphatic hydroxyl groups excluding tert-OH is 1. The molecule has 3 nitrogen and oxygen atoms in total. The molecule has 2 rings (SSSR count). The summed E-state index contributed by atoms with van der Waals surface area (Å²) in [7, 11) is 0. The van der Waals surface area contributed by atoms with Crippen LogP contribution in [0.25, 0.3) is 0 Å². The number of hydrogen-bond donors (Lipinski definition) is 2. The van der Waals surface area contributed by atoms with E-state index in [1.54, 1.807) is 0 Å². The van der Waals surface area contributed by atoms with E-state index in [0.717, 1.165) is 25.9 Å². The van der Waals surface area contributed by atoms with Crippen LogP contribution in [0.5, 0.6) is 0 Å². The Hall–Kier alpha value is -0.420. The lowest BCUT2D eigenvalue weighted by atomic mass is 9.96. The van der Waals surface area contributed by atoms with Crippen molar-refractivity contribution in [1.82, 2.24) is 4.90 Å². The zero-order valence-corrected chi connectivity index (χ0v) is 11.2. The van der Waals surface area contributed by atoms with Gasteiger partial charge in [0.25, 0.3) is 0 Å². The minimum atomic E-state index is 0.333. The first-order chi connectivity index (χ1) is 8.24. The van der Waals surface area contributed by atoms with E-state index in [2.05, 4.69) is 24.0 Å². The minimum Gasteiger partial charge on any atom is -0.396 e. The average molecular weight is 254 g/mol. The van der Waals surface area contributed by atoms with Crippen LogP contribution in [-0.4, -0.2) is 36.2 Å². The summed E-state index contributed by atoms with van der Waals surface area (Å²) < 4.78 is 0. The first-order valence-corrected chi connectivity index (χ1v) is 7.17. The molecular weight excluding hydrogens is 232 g/mol. The van der Waals surface area contributed by atoms with Crippen LogP contribution in [-0.2, 0) is 0 Å². The molecule has 1 aliphatic rings. The number of thiophene rings is 1. The minimum absolute atomic E-state index is 0.333. The van der Waals surface area contributed by atoms with Gasteiger partial charge in [0.05, 0.1) is 6.04 Å². The van der Waals surface area contributed by atoms with Crippen molar-refractivity contribution < 1.29 is 5.11 Å². The van der Waals surface area contributed by atoms with Gasteiger partial charge in [-0.1, -0.05) is 0 Å². The Morgan fingerprint density at radius 2 is 2.18 bits per heavy atom. The molecule has 1 aromatic heterocycles. The third kappa shape index (κ3) is 3.07. The summed E-state index contributed by atoms with van der Waals surface area (Å²) in [5, 5.41) is 9.15. The van der Waals surface area contributed by atoms with Gasteiger partial charge in [-0.3, -0.25) is 4.90 Å². The SMILES string of the molecule is Cc1ccc(C(CN)N2CCC(CO)CC2)s1. The van der Waals surface area contributed by atoms with Crippen LogP contribution in [0.4, 0.5) is 0 Å². The molecule has 0 bridgehead atoms. The maximum atomic E-state index is 9.15. The fourth-order valence-corrected chi connectivity index (χ4v) is 3.55. The molecule has 1 saturated heterocycles. The molecule has 0 saturated carbocycles. The number of hydrogen-bond acceptors (Lipinski definition) is 4. The van der Waals surface area contributed by atoms with Crippen molar-refractivity contribution in [3.63, 3.8) is 0 Å². The molecule has 0 aromatic carbocycles. The van der Waals surface area contributed by atoms with Crippen LogP contribution < -0.4 is 5.73 Å². The lowest BCUT2D eigenvalue weighted by Crippen LogP contribution is -2.40. The number of nitrogens with two attached hydrogens (primary N) is 1. The van der Waals surface area contributed by atoms with Crippen molar-refractivity contribution in [3.05, 3.63) is 21.9 Å². The van der Waals surface area contributed by atoms with Gasteiger partial charge < -0.3 is 10.8 Å². The van der Waals surface area contributed by atoms with Gasteiger partial charge in [-0.05, 0) is 50.9 Å². The second kappa shape index (κ2) is 5.96. The summed E-state index contributed by atoms with van der Waals surface area (Å²) in [5.74, 6) is 0.495. The van der Waals surface area contributed by atoms with Gasteiger partial charge in [0, 0.05) is 22.9 Å². The predicted molar refractivity (Wildman–Crippen MR) is 72.2 cm³/mol. The van der Waals surface area contributed by atoms with Crippen LogP contribution in [0.2, 0.25) is 0 Å². The smallest absolute Gasteiger partial charge is 0.0564 e. The zero-order chi connectivity index (χ0) is 12.3. The molecule has 0 aliphatic carbocycles. The Morgan fingerprint density at radius 3 is 2.65 bits per heavy atom. The number of likely N-dealkylation sites (tertiary alicyclic amines) is 1. The van der Waals surface area contributed by atoms with E-state index in [0.29, 0.717) is 25.1 Å². The number of piperidine rings is 1. The fraction of sp³-hybridized carbons (Fsp3) is 0.692. The maximum Gasteiger partial charge on any atom is 0.0564 e. The van der Waals surface area contributed by atoms with E-state index in [1.807, 2.05) is 11.3 Å². The highest BCUT2D eigenvalue weighted by Crippen LogP contribution is 2.30. The van der Waals surface area contributed by atoms with Crippen molar-refractivity contribution in [1.29, 1.82) is 0 Å². The second-order valence-electron chi connectivity index (χ2n) is 4.86. The van der Waals surface area contributed by atoms with Crippen molar-refractivity contribution in [3.8, 4) is 0 Å². The fourth-order valence-electron chi connectivity index (χ4n) is 2.52. The molecule has 17 heavy (non-hydrogen) atoms. The van der Waals surface area contributed by atoms with E-state index in [4.69, 9.17) is 10.8 Å². The molecule has 1 aromatic rings. The van der Waals surface area contributed by atoms with Crippen molar-refractivity contribution >= 4 is 11.3 Å². The lowest BCUT2D eigenvalue weighted by molar-refractivity contribution is 0.104. The van der Waals surface area contributed by atoms with E-state index < -0.39 is 0 Å². The highest BCUT2D eigenvalue weighted by Gasteiger charge is 2.25. The summed E-state index contributed by atoms with van der Waals surface area (Å²) in [6.45, 7) is 5.27. The van der Waals surface area contributed by atoms with Crippen molar-refractivity contribution in [2.45, 2.75) is 25.8 Å². The van der Waals surface area contributed by atoms with Gasteiger partial charge in [-0.2, -0.15) is 0 Å². The van der Waals surface area contributed by atoms with Crippen LogP contribution in [0.15, 0.2) is 12.1 Å². The van der Waals surface area contributed by atoms with E-state index in [-0.39, 0.29) is 0 Å². The monoisotopic (exact) mass is 254 g/mol. The van der Waals surface area contributed by atoms with Crippen LogP contribution in [0.3, 0.4) is 0 Å². The Bertz CT molecular complexity index is 345. The second-order valence-corrected chi connectivity index (χ2v) is 6.18. The van der Waals surface area contributed by atoms with Gasteiger partial charge in [-0.25, -0.2) is 0 Å². The summed E-state index contributed by atoms with van der Waals surface area (Å²) in [5.41, 5.74) is 5.93. The summed E-state index contributed by atoms with van der Waals surface area (Å²) in [6, 6.07) is 4.74. The Balaban J connectivity index is 2.00. The number of aryl methyl sites for hydroxylation is 1.